The standard InChI is InChI=1S/C18H20ClN3O4S/c1-22(17(24)5-7-20-18(25)12-6-8-27-11-12)10-16(23)21-14-9-13(19)3-4-15(14)26-2/h3-4,6,8-9,11H,5,7,10H2,1-2H3,(H,20,25)(H,21,23). The van der Waals surface area contributed by atoms with Crippen LogP contribution in [0.25, 0.3) is 0 Å². The molecule has 27 heavy (non-hydrogen) atoms. The van der Waals surface area contributed by atoms with Gasteiger partial charge in [-0.25, -0.2) is 0 Å². The van der Waals surface area contributed by atoms with Crippen LogP contribution in [0.5, 0.6) is 5.75 Å². The van der Waals surface area contributed by atoms with E-state index in [0.717, 1.165) is 0 Å². The van der Waals surface area contributed by atoms with Crippen LogP contribution in [0.2, 0.25) is 5.02 Å². The van der Waals surface area contributed by atoms with Crippen molar-refractivity contribution in [1.82, 2.24) is 10.2 Å². The van der Waals surface area contributed by atoms with E-state index in [2.05, 4.69) is 10.6 Å². The molecule has 2 rings (SSSR count). The molecule has 2 aromatic rings. The number of ether oxygens (including phenoxy) is 1. The number of hydrogen-bond acceptors (Lipinski definition) is 5. The van der Waals surface area contributed by atoms with Gasteiger partial charge >= 0.3 is 0 Å². The first-order valence-corrected chi connectivity index (χ1v) is 9.40. The second-order valence-corrected chi connectivity index (χ2v) is 6.88. The summed E-state index contributed by atoms with van der Waals surface area (Å²) in [6.07, 6.45) is 0.0974. The fourth-order valence-corrected chi connectivity index (χ4v) is 3.05. The van der Waals surface area contributed by atoms with Crippen molar-refractivity contribution in [2.24, 2.45) is 0 Å². The van der Waals surface area contributed by atoms with E-state index >= 15 is 0 Å². The predicted molar refractivity (Wildman–Crippen MR) is 106 cm³/mol. The van der Waals surface area contributed by atoms with Gasteiger partial charge in [-0.1, -0.05) is 11.6 Å². The summed E-state index contributed by atoms with van der Waals surface area (Å²) in [5.41, 5.74) is 0.995. The molecule has 0 aliphatic rings. The van der Waals surface area contributed by atoms with Gasteiger partial charge in [-0.05, 0) is 29.6 Å². The summed E-state index contributed by atoms with van der Waals surface area (Å²) in [6.45, 7) is 0.0641. The fraction of sp³-hybridized carbons (Fsp3) is 0.278. The van der Waals surface area contributed by atoms with E-state index in [1.54, 1.807) is 35.0 Å². The van der Waals surface area contributed by atoms with Crippen LogP contribution >= 0.6 is 22.9 Å². The van der Waals surface area contributed by atoms with E-state index in [1.807, 2.05) is 0 Å². The van der Waals surface area contributed by atoms with Gasteiger partial charge in [0.1, 0.15) is 5.75 Å². The van der Waals surface area contributed by atoms with Crippen LogP contribution in [0.4, 0.5) is 5.69 Å². The molecule has 0 saturated carbocycles. The normalized spacial score (nSPS) is 10.2. The van der Waals surface area contributed by atoms with Crippen LogP contribution in [0.1, 0.15) is 16.8 Å². The van der Waals surface area contributed by atoms with Crippen LogP contribution in [0.3, 0.4) is 0 Å². The number of thiophene rings is 1. The Kier molecular flexibility index (Phi) is 7.63. The largest absolute Gasteiger partial charge is 0.495 e. The minimum atomic E-state index is -0.381. The van der Waals surface area contributed by atoms with Gasteiger partial charge < -0.3 is 20.3 Å². The van der Waals surface area contributed by atoms with Gasteiger partial charge in [0.05, 0.1) is 19.3 Å². The molecule has 7 nitrogen and oxygen atoms in total. The molecule has 0 aliphatic carbocycles. The molecule has 1 aromatic carbocycles. The number of hydrogen-bond donors (Lipinski definition) is 2. The summed E-state index contributed by atoms with van der Waals surface area (Å²) in [5.74, 6) is -0.391. The van der Waals surface area contributed by atoms with Crippen molar-refractivity contribution in [2.45, 2.75) is 6.42 Å². The molecule has 0 spiro atoms. The van der Waals surface area contributed by atoms with E-state index in [4.69, 9.17) is 16.3 Å². The SMILES string of the molecule is COc1ccc(Cl)cc1NC(=O)CN(C)C(=O)CCNC(=O)c1ccsc1. The molecule has 0 fully saturated rings. The molecule has 1 heterocycles. The maximum atomic E-state index is 12.2. The van der Waals surface area contributed by atoms with Gasteiger partial charge in [-0.3, -0.25) is 14.4 Å². The van der Waals surface area contributed by atoms with E-state index in [0.29, 0.717) is 22.0 Å². The summed E-state index contributed by atoms with van der Waals surface area (Å²) in [4.78, 5) is 37.4. The average molecular weight is 410 g/mol. The zero-order valence-electron chi connectivity index (χ0n) is 15.0. The molecule has 3 amide bonds. The zero-order valence-corrected chi connectivity index (χ0v) is 16.5. The Bertz CT molecular complexity index is 811. The number of benzene rings is 1. The van der Waals surface area contributed by atoms with Gasteiger partial charge in [0.2, 0.25) is 11.8 Å². The molecule has 0 aliphatic heterocycles. The third-order valence-corrected chi connectivity index (χ3v) is 4.57. The molecule has 0 atom stereocenters. The number of carbonyl (C=O) groups is 3. The lowest BCUT2D eigenvalue weighted by molar-refractivity contribution is -0.133. The number of carbonyl (C=O) groups excluding carboxylic acids is 3. The quantitative estimate of drug-likeness (QED) is 0.701. The first kappa shape index (κ1) is 20.7. The highest BCUT2D eigenvalue weighted by atomic mass is 35.5. The number of nitrogens with one attached hydrogen (secondary N) is 2. The molecule has 9 heteroatoms. The number of nitrogens with zero attached hydrogens (tertiary/aromatic N) is 1. The molecule has 0 saturated heterocycles. The monoisotopic (exact) mass is 409 g/mol. The second-order valence-electron chi connectivity index (χ2n) is 5.66. The zero-order chi connectivity index (χ0) is 19.8. The van der Waals surface area contributed by atoms with E-state index in [9.17, 15) is 14.4 Å². The number of anilines is 1. The van der Waals surface area contributed by atoms with Crippen molar-refractivity contribution < 1.29 is 19.1 Å². The highest BCUT2D eigenvalue weighted by molar-refractivity contribution is 7.08. The molecule has 2 N–H and O–H groups in total. The highest BCUT2D eigenvalue weighted by Crippen LogP contribution is 2.27. The second kappa shape index (κ2) is 9.94. The number of rotatable bonds is 8. The molecule has 0 bridgehead atoms. The number of halogens is 1. The fourth-order valence-electron chi connectivity index (χ4n) is 2.24. The first-order valence-electron chi connectivity index (χ1n) is 8.08. The summed E-state index contributed by atoms with van der Waals surface area (Å²) in [5, 5.41) is 9.34. The smallest absolute Gasteiger partial charge is 0.252 e. The minimum Gasteiger partial charge on any atom is -0.495 e. The lowest BCUT2D eigenvalue weighted by Gasteiger charge is -2.17. The van der Waals surface area contributed by atoms with Gasteiger partial charge in [0, 0.05) is 36.0 Å². The van der Waals surface area contributed by atoms with Crippen molar-refractivity contribution in [3.63, 3.8) is 0 Å². The van der Waals surface area contributed by atoms with Crippen molar-refractivity contribution in [3.8, 4) is 5.75 Å². The lowest BCUT2D eigenvalue weighted by atomic mass is 10.3. The van der Waals surface area contributed by atoms with Gasteiger partial charge in [0.15, 0.2) is 0 Å². The van der Waals surface area contributed by atoms with Crippen LogP contribution in [-0.4, -0.2) is 49.9 Å². The Morgan fingerprint density at radius 3 is 2.70 bits per heavy atom. The summed E-state index contributed by atoms with van der Waals surface area (Å²) in [6, 6.07) is 6.57. The van der Waals surface area contributed by atoms with Gasteiger partial charge in [-0.15, -0.1) is 0 Å². The Balaban J connectivity index is 1.79. The van der Waals surface area contributed by atoms with Crippen LogP contribution < -0.4 is 15.4 Å². The third-order valence-electron chi connectivity index (χ3n) is 3.65. The number of methoxy groups -OCH3 is 1. The minimum absolute atomic E-state index is 0.0974. The molecule has 0 unspecified atom stereocenters. The molecule has 0 radical (unpaired) electrons. The Morgan fingerprint density at radius 2 is 2.04 bits per heavy atom. The third kappa shape index (κ3) is 6.26. The molecule has 144 valence electrons. The van der Waals surface area contributed by atoms with Gasteiger partial charge in [0.25, 0.3) is 5.91 Å². The van der Waals surface area contributed by atoms with Crippen LogP contribution in [0.15, 0.2) is 35.0 Å². The van der Waals surface area contributed by atoms with E-state index in [1.165, 1.54) is 30.4 Å². The molecular formula is C18H20ClN3O4S. The Morgan fingerprint density at radius 1 is 1.26 bits per heavy atom. The van der Waals surface area contributed by atoms with Gasteiger partial charge in [-0.2, -0.15) is 11.3 Å². The first-order chi connectivity index (χ1) is 12.9. The molecule has 1 aromatic heterocycles. The van der Waals surface area contributed by atoms with Crippen molar-refractivity contribution in [1.29, 1.82) is 0 Å². The Hall–Kier alpha value is -2.58. The van der Waals surface area contributed by atoms with Crippen LogP contribution in [0, 0.1) is 0 Å². The maximum Gasteiger partial charge on any atom is 0.252 e. The van der Waals surface area contributed by atoms with Crippen LogP contribution in [-0.2, 0) is 9.59 Å². The number of amides is 3. The Labute approximate surface area is 166 Å². The average Bonchev–Trinajstić information content (AvgIpc) is 3.16. The topological polar surface area (TPSA) is 87.7 Å². The summed E-state index contributed by atoms with van der Waals surface area (Å²) in [7, 11) is 3.01. The van der Waals surface area contributed by atoms with Crippen molar-refractivity contribution in [2.75, 3.05) is 32.6 Å². The van der Waals surface area contributed by atoms with Crippen molar-refractivity contribution >= 4 is 46.3 Å². The van der Waals surface area contributed by atoms with Crippen molar-refractivity contribution in [3.05, 3.63) is 45.6 Å². The highest BCUT2D eigenvalue weighted by Gasteiger charge is 2.15. The van der Waals surface area contributed by atoms with E-state index in [-0.39, 0.29) is 37.2 Å². The maximum absolute atomic E-state index is 12.2. The predicted octanol–water partition coefficient (Wildman–Crippen LogP) is 2.63. The molecular weight excluding hydrogens is 390 g/mol. The lowest BCUT2D eigenvalue weighted by Crippen LogP contribution is -2.37. The number of likely N-dealkylation sites (N-methyl/N-ethyl adjacent to an activating group) is 1. The van der Waals surface area contributed by atoms with E-state index < -0.39 is 0 Å². The summed E-state index contributed by atoms with van der Waals surface area (Å²) >= 11 is 7.35. The summed E-state index contributed by atoms with van der Waals surface area (Å²) < 4.78 is 5.17.